The Hall–Kier alpha value is -3.67. The van der Waals surface area contributed by atoms with Crippen LogP contribution in [0, 0.1) is 11.8 Å². The number of phenols is 1. The first-order valence-electron chi connectivity index (χ1n) is 11.7. The molecule has 12 heteroatoms. The Morgan fingerprint density at radius 1 is 0.861 bits per heavy atom. The summed E-state index contributed by atoms with van der Waals surface area (Å²) in [5.74, 6) is -5.83. The molecule has 1 aromatic rings. The van der Waals surface area contributed by atoms with Crippen molar-refractivity contribution in [2.45, 2.75) is 71.1 Å². The molecule has 0 heterocycles. The lowest BCUT2D eigenvalue weighted by atomic mass is 9.97. The molecule has 0 spiro atoms. The molecule has 0 saturated heterocycles. The molecule has 0 radical (unpaired) electrons. The number of rotatable bonds is 14. The highest BCUT2D eigenvalue weighted by Gasteiger charge is 2.34. The lowest BCUT2D eigenvalue weighted by molar-refractivity contribution is -0.144. The normalized spacial score (nSPS) is 15.2. The van der Waals surface area contributed by atoms with Crippen molar-refractivity contribution in [1.29, 1.82) is 0 Å². The van der Waals surface area contributed by atoms with Crippen LogP contribution in [0.4, 0.5) is 0 Å². The van der Waals surface area contributed by atoms with Crippen molar-refractivity contribution in [3.8, 4) is 5.75 Å². The summed E-state index contributed by atoms with van der Waals surface area (Å²) in [6.07, 6.45) is -0.204. The van der Waals surface area contributed by atoms with Gasteiger partial charge in [-0.25, -0.2) is 4.79 Å². The first-order valence-corrected chi connectivity index (χ1v) is 11.7. The molecule has 12 nitrogen and oxygen atoms in total. The fourth-order valence-corrected chi connectivity index (χ4v) is 3.36. The third-order valence-electron chi connectivity index (χ3n) is 5.76. The number of phenolic OH excluding ortho intramolecular Hbond substituents is 1. The maximum Gasteiger partial charge on any atom is 0.326 e. The van der Waals surface area contributed by atoms with Crippen molar-refractivity contribution in [3.63, 3.8) is 0 Å². The molecule has 1 rings (SSSR count). The van der Waals surface area contributed by atoms with E-state index < -0.39 is 66.2 Å². The maximum atomic E-state index is 12.9. The van der Waals surface area contributed by atoms with Crippen LogP contribution in [0.2, 0.25) is 0 Å². The molecule has 0 aliphatic carbocycles. The molecule has 0 fully saturated rings. The highest BCUT2D eigenvalue weighted by molar-refractivity contribution is 5.95. The third-order valence-corrected chi connectivity index (χ3v) is 5.76. The van der Waals surface area contributed by atoms with E-state index in [-0.39, 0.29) is 18.1 Å². The van der Waals surface area contributed by atoms with Crippen molar-refractivity contribution in [2.24, 2.45) is 17.6 Å². The molecule has 0 saturated carbocycles. The largest absolute Gasteiger partial charge is 0.508 e. The summed E-state index contributed by atoms with van der Waals surface area (Å²) >= 11 is 0. The molecule has 3 amide bonds. The summed E-state index contributed by atoms with van der Waals surface area (Å²) in [6, 6.07) is 0.991. The van der Waals surface area contributed by atoms with Gasteiger partial charge in [-0.3, -0.25) is 19.2 Å². The Balaban J connectivity index is 2.96. The molecule has 1 aromatic carbocycles. The molecule has 5 unspecified atom stereocenters. The number of carbonyl (C=O) groups is 5. The van der Waals surface area contributed by atoms with Gasteiger partial charge < -0.3 is 37.0 Å². The molecule has 5 atom stereocenters. The zero-order valence-electron chi connectivity index (χ0n) is 20.9. The summed E-state index contributed by atoms with van der Waals surface area (Å²) in [4.78, 5) is 61.2. The van der Waals surface area contributed by atoms with Crippen LogP contribution in [-0.4, -0.2) is 69.1 Å². The number of nitrogens with one attached hydrogen (secondary N) is 3. The average Bonchev–Trinajstić information content (AvgIpc) is 2.80. The second-order valence-corrected chi connectivity index (χ2v) is 9.08. The molecule has 8 N–H and O–H groups in total. The first kappa shape index (κ1) is 30.4. The minimum atomic E-state index is -1.53. The Morgan fingerprint density at radius 2 is 1.42 bits per heavy atom. The van der Waals surface area contributed by atoms with Gasteiger partial charge in [0.25, 0.3) is 0 Å². The SMILES string of the molecule is CCC(C)C(NC(=O)C(NC(=O)C(CC(=O)O)NC(=O)C(N)Cc1ccc(O)cc1)C(C)C)C(=O)O. The molecule has 0 aliphatic rings. The zero-order chi connectivity index (χ0) is 27.6. The standard InChI is InChI=1S/C24H36N4O8/c1-5-13(4)20(24(35)36)28-23(34)19(12(2)3)27-22(33)17(11-18(30)31)26-21(32)16(25)10-14-6-8-15(29)9-7-14/h6-9,12-13,16-17,19-20,29H,5,10-11,25H2,1-4H3,(H,26,32)(H,27,33)(H,28,34)(H,30,31)(H,35,36). The van der Waals surface area contributed by atoms with E-state index in [0.29, 0.717) is 12.0 Å². The van der Waals surface area contributed by atoms with Gasteiger partial charge in [0.15, 0.2) is 0 Å². The van der Waals surface area contributed by atoms with Crippen molar-refractivity contribution in [2.75, 3.05) is 0 Å². The van der Waals surface area contributed by atoms with E-state index >= 15 is 0 Å². The molecule has 0 aliphatic heterocycles. The summed E-state index contributed by atoms with van der Waals surface area (Å²) in [6.45, 7) is 6.70. The van der Waals surface area contributed by atoms with Crippen LogP contribution < -0.4 is 21.7 Å². The number of aromatic hydroxyl groups is 1. The second kappa shape index (κ2) is 14.0. The smallest absolute Gasteiger partial charge is 0.326 e. The molecular weight excluding hydrogens is 472 g/mol. The summed E-state index contributed by atoms with van der Waals surface area (Å²) in [5.41, 5.74) is 6.55. The van der Waals surface area contributed by atoms with Gasteiger partial charge >= 0.3 is 11.9 Å². The van der Waals surface area contributed by atoms with E-state index in [1.807, 2.05) is 0 Å². The third kappa shape index (κ3) is 9.53. The number of carbonyl (C=O) groups excluding carboxylic acids is 3. The van der Waals surface area contributed by atoms with E-state index in [0.717, 1.165) is 0 Å². The van der Waals surface area contributed by atoms with Gasteiger partial charge in [0.1, 0.15) is 23.9 Å². The molecule has 200 valence electrons. The number of benzene rings is 1. The van der Waals surface area contributed by atoms with Gasteiger partial charge in [-0.05, 0) is 36.0 Å². The number of nitrogens with two attached hydrogens (primary N) is 1. The van der Waals surface area contributed by atoms with E-state index in [4.69, 9.17) is 5.73 Å². The number of carboxylic acids is 2. The van der Waals surface area contributed by atoms with E-state index in [1.165, 1.54) is 12.1 Å². The van der Waals surface area contributed by atoms with Gasteiger partial charge in [-0.2, -0.15) is 0 Å². The second-order valence-electron chi connectivity index (χ2n) is 9.08. The van der Waals surface area contributed by atoms with Gasteiger partial charge in [-0.1, -0.05) is 46.2 Å². The van der Waals surface area contributed by atoms with E-state index in [1.54, 1.807) is 39.8 Å². The van der Waals surface area contributed by atoms with E-state index in [9.17, 15) is 39.3 Å². The van der Waals surface area contributed by atoms with Crippen LogP contribution in [0.15, 0.2) is 24.3 Å². The quantitative estimate of drug-likeness (QED) is 0.180. The molecule has 36 heavy (non-hydrogen) atoms. The van der Waals surface area contributed by atoms with Crippen LogP contribution in [-0.2, 0) is 30.4 Å². The first-order chi connectivity index (χ1) is 16.8. The Labute approximate surface area is 209 Å². The van der Waals surface area contributed by atoms with Crippen LogP contribution in [0.3, 0.4) is 0 Å². The molecule has 0 bridgehead atoms. The summed E-state index contributed by atoms with van der Waals surface area (Å²) in [5, 5.41) is 35.2. The molecule has 0 aromatic heterocycles. The van der Waals surface area contributed by atoms with Gasteiger partial charge in [0, 0.05) is 0 Å². The monoisotopic (exact) mass is 508 g/mol. The number of aliphatic carboxylic acids is 2. The van der Waals surface area contributed by atoms with Crippen LogP contribution >= 0.6 is 0 Å². The molecular formula is C24H36N4O8. The van der Waals surface area contributed by atoms with Gasteiger partial charge in [-0.15, -0.1) is 0 Å². The zero-order valence-corrected chi connectivity index (χ0v) is 20.9. The number of hydrogen-bond acceptors (Lipinski definition) is 7. The predicted octanol–water partition coefficient (Wildman–Crippen LogP) is -0.0222. The van der Waals surface area contributed by atoms with Crippen LogP contribution in [0.25, 0.3) is 0 Å². The average molecular weight is 509 g/mol. The van der Waals surface area contributed by atoms with Gasteiger partial charge in [0.05, 0.1) is 12.5 Å². The minimum absolute atomic E-state index is 0.0394. The topological polar surface area (TPSA) is 208 Å². The lowest BCUT2D eigenvalue weighted by Crippen LogP contribution is -2.59. The number of amides is 3. The van der Waals surface area contributed by atoms with Crippen molar-refractivity contribution >= 4 is 29.7 Å². The van der Waals surface area contributed by atoms with Gasteiger partial charge in [0.2, 0.25) is 17.7 Å². The van der Waals surface area contributed by atoms with Crippen molar-refractivity contribution in [3.05, 3.63) is 29.8 Å². The van der Waals surface area contributed by atoms with Crippen LogP contribution in [0.1, 0.15) is 46.1 Å². The number of hydrogen-bond donors (Lipinski definition) is 7. The van der Waals surface area contributed by atoms with Crippen molar-refractivity contribution < 1.29 is 39.3 Å². The highest BCUT2D eigenvalue weighted by Crippen LogP contribution is 2.12. The fourth-order valence-electron chi connectivity index (χ4n) is 3.36. The summed E-state index contributed by atoms with van der Waals surface area (Å²) in [7, 11) is 0. The fraction of sp³-hybridized carbons (Fsp3) is 0.542. The lowest BCUT2D eigenvalue weighted by Gasteiger charge is -2.28. The number of carboxylic acid groups (broad SMARTS) is 2. The Bertz CT molecular complexity index is 935. The maximum absolute atomic E-state index is 12.9. The minimum Gasteiger partial charge on any atom is -0.508 e. The predicted molar refractivity (Wildman–Crippen MR) is 130 cm³/mol. The highest BCUT2D eigenvalue weighted by atomic mass is 16.4. The Morgan fingerprint density at radius 3 is 1.89 bits per heavy atom. The van der Waals surface area contributed by atoms with Crippen LogP contribution in [0.5, 0.6) is 5.75 Å². The van der Waals surface area contributed by atoms with E-state index in [2.05, 4.69) is 16.0 Å². The van der Waals surface area contributed by atoms with Crippen molar-refractivity contribution in [1.82, 2.24) is 16.0 Å². The Kier molecular flexibility index (Phi) is 11.8. The summed E-state index contributed by atoms with van der Waals surface area (Å²) < 4.78 is 0.